The molecule has 128 valence electrons. The molecular formula is C17H18F2N2O3. The van der Waals surface area contributed by atoms with Crippen molar-refractivity contribution >= 4 is 11.7 Å². The maximum absolute atomic E-state index is 12.3. The molecule has 0 bridgehead atoms. The first kappa shape index (κ1) is 17.5. The van der Waals surface area contributed by atoms with Gasteiger partial charge in [0.05, 0.1) is 13.2 Å². The lowest BCUT2D eigenvalue weighted by molar-refractivity contribution is -0.0499. The van der Waals surface area contributed by atoms with Gasteiger partial charge in [-0.1, -0.05) is 18.2 Å². The van der Waals surface area contributed by atoms with Crippen molar-refractivity contribution in [3.8, 4) is 11.5 Å². The maximum atomic E-state index is 12.3. The van der Waals surface area contributed by atoms with E-state index in [9.17, 15) is 13.6 Å². The van der Waals surface area contributed by atoms with E-state index in [1.807, 2.05) is 0 Å². The molecule has 0 aromatic heterocycles. The molecule has 0 radical (unpaired) electrons. The van der Waals surface area contributed by atoms with E-state index >= 15 is 0 Å². The molecule has 0 saturated heterocycles. The summed E-state index contributed by atoms with van der Waals surface area (Å²) in [7, 11) is 1.54. The van der Waals surface area contributed by atoms with Crippen molar-refractivity contribution in [1.82, 2.24) is 5.32 Å². The van der Waals surface area contributed by atoms with Gasteiger partial charge in [0, 0.05) is 11.8 Å². The van der Waals surface area contributed by atoms with Crippen LogP contribution in [0.1, 0.15) is 18.5 Å². The van der Waals surface area contributed by atoms with Gasteiger partial charge < -0.3 is 20.1 Å². The fourth-order valence-corrected chi connectivity index (χ4v) is 2.11. The topological polar surface area (TPSA) is 59.6 Å². The van der Waals surface area contributed by atoms with Gasteiger partial charge in [-0.15, -0.1) is 0 Å². The Bertz CT molecular complexity index is 695. The zero-order valence-electron chi connectivity index (χ0n) is 13.3. The quantitative estimate of drug-likeness (QED) is 0.832. The Morgan fingerprint density at radius 2 is 1.79 bits per heavy atom. The van der Waals surface area contributed by atoms with E-state index in [-0.39, 0.29) is 5.75 Å². The summed E-state index contributed by atoms with van der Waals surface area (Å²) in [6.07, 6.45) is 0. The number of alkyl halides is 2. The first-order chi connectivity index (χ1) is 11.5. The summed E-state index contributed by atoms with van der Waals surface area (Å²) in [6.45, 7) is -1.15. The monoisotopic (exact) mass is 336 g/mol. The predicted octanol–water partition coefficient (Wildman–Crippen LogP) is 4.18. The molecule has 0 heterocycles. The van der Waals surface area contributed by atoms with Crippen LogP contribution in [0.4, 0.5) is 19.3 Å². The Kier molecular flexibility index (Phi) is 5.95. The SMILES string of the molecule is COc1cccc(NC(=O)NC(C)c2cccc(OC(F)F)c2)c1. The number of halogens is 2. The van der Waals surface area contributed by atoms with Crippen LogP contribution < -0.4 is 20.1 Å². The molecule has 0 aliphatic rings. The standard InChI is InChI=1S/C17H18F2N2O3/c1-11(12-5-3-8-15(9-12)24-16(18)19)20-17(22)21-13-6-4-7-14(10-13)23-2/h3-11,16H,1-2H3,(H2,20,21,22). The second-order valence-electron chi connectivity index (χ2n) is 5.00. The van der Waals surface area contributed by atoms with Gasteiger partial charge in [-0.05, 0) is 36.8 Å². The van der Waals surface area contributed by atoms with E-state index in [1.165, 1.54) is 19.2 Å². The third-order valence-electron chi connectivity index (χ3n) is 3.26. The number of urea groups is 1. The van der Waals surface area contributed by atoms with E-state index in [2.05, 4.69) is 15.4 Å². The number of ether oxygens (including phenoxy) is 2. The summed E-state index contributed by atoms with van der Waals surface area (Å²) in [5, 5.41) is 5.41. The lowest BCUT2D eigenvalue weighted by atomic mass is 10.1. The van der Waals surface area contributed by atoms with Crippen molar-refractivity contribution in [2.24, 2.45) is 0 Å². The lowest BCUT2D eigenvalue weighted by Crippen LogP contribution is -2.31. The van der Waals surface area contributed by atoms with Gasteiger partial charge >= 0.3 is 12.6 Å². The zero-order valence-corrected chi connectivity index (χ0v) is 13.3. The molecular weight excluding hydrogens is 318 g/mol. The Morgan fingerprint density at radius 1 is 1.08 bits per heavy atom. The summed E-state index contributed by atoms with van der Waals surface area (Å²) < 4.78 is 34.0. The number of amides is 2. The Labute approximate surface area is 138 Å². The van der Waals surface area contributed by atoms with Gasteiger partial charge in [-0.3, -0.25) is 0 Å². The van der Waals surface area contributed by atoms with Crippen molar-refractivity contribution in [3.05, 3.63) is 54.1 Å². The molecule has 2 rings (SSSR count). The minimum absolute atomic E-state index is 0.0457. The molecule has 2 amide bonds. The summed E-state index contributed by atoms with van der Waals surface area (Å²) >= 11 is 0. The number of nitrogens with one attached hydrogen (secondary N) is 2. The summed E-state index contributed by atoms with van der Waals surface area (Å²) in [5.41, 5.74) is 1.22. The molecule has 0 fully saturated rings. The van der Waals surface area contributed by atoms with Crippen LogP contribution in [-0.2, 0) is 0 Å². The van der Waals surface area contributed by atoms with Crippen molar-refractivity contribution in [3.63, 3.8) is 0 Å². The number of hydrogen-bond acceptors (Lipinski definition) is 3. The zero-order chi connectivity index (χ0) is 17.5. The molecule has 5 nitrogen and oxygen atoms in total. The molecule has 1 atom stereocenters. The number of anilines is 1. The highest BCUT2D eigenvalue weighted by Gasteiger charge is 2.12. The molecule has 0 aliphatic heterocycles. The predicted molar refractivity (Wildman–Crippen MR) is 86.6 cm³/mol. The van der Waals surface area contributed by atoms with E-state index < -0.39 is 18.7 Å². The van der Waals surface area contributed by atoms with Crippen LogP contribution in [0.25, 0.3) is 0 Å². The maximum Gasteiger partial charge on any atom is 0.387 e. The number of hydrogen-bond donors (Lipinski definition) is 2. The van der Waals surface area contributed by atoms with Crippen LogP contribution in [0.3, 0.4) is 0 Å². The summed E-state index contributed by atoms with van der Waals surface area (Å²) in [5.74, 6) is 0.669. The van der Waals surface area contributed by atoms with Crippen LogP contribution in [0.2, 0.25) is 0 Å². The second kappa shape index (κ2) is 8.14. The first-order valence-corrected chi connectivity index (χ1v) is 7.24. The van der Waals surface area contributed by atoms with E-state index in [0.29, 0.717) is 17.0 Å². The van der Waals surface area contributed by atoms with Gasteiger partial charge in [-0.2, -0.15) is 8.78 Å². The fraction of sp³-hybridized carbons (Fsp3) is 0.235. The highest BCUT2D eigenvalue weighted by molar-refractivity contribution is 5.89. The van der Waals surface area contributed by atoms with E-state index in [0.717, 1.165) is 0 Å². The second-order valence-corrected chi connectivity index (χ2v) is 5.00. The van der Waals surface area contributed by atoms with Gasteiger partial charge in [0.1, 0.15) is 11.5 Å². The molecule has 24 heavy (non-hydrogen) atoms. The Hall–Kier alpha value is -2.83. The highest BCUT2D eigenvalue weighted by atomic mass is 19.3. The minimum Gasteiger partial charge on any atom is -0.497 e. The van der Waals surface area contributed by atoms with Gasteiger partial charge in [0.25, 0.3) is 0 Å². The van der Waals surface area contributed by atoms with Crippen molar-refractivity contribution < 1.29 is 23.0 Å². The van der Waals surface area contributed by atoms with Gasteiger partial charge in [0.2, 0.25) is 0 Å². The third kappa shape index (κ3) is 5.12. The molecule has 1 unspecified atom stereocenters. The normalized spacial score (nSPS) is 11.7. The van der Waals surface area contributed by atoms with E-state index in [4.69, 9.17) is 4.74 Å². The molecule has 0 spiro atoms. The van der Waals surface area contributed by atoms with E-state index in [1.54, 1.807) is 43.3 Å². The van der Waals surface area contributed by atoms with Crippen LogP contribution in [0.5, 0.6) is 11.5 Å². The lowest BCUT2D eigenvalue weighted by Gasteiger charge is -2.16. The number of rotatable bonds is 6. The van der Waals surface area contributed by atoms with Gasteiger partial charge in [-0.25, -0.2) is 4.79 Å². The van der Waals surface area contributed by atoms with Gasteiger partial charge in [0.15, 0.2) is 0 Å². The molecule has 2 aromatic rings. The average molecular weight is 336 g/mol. The molecule has 7 heteroatoms. The number of carbonyl (C=O) groups is 1. The molecule has 2 N–H and O–H groups in total. The average Bonchev–Trinajstić information content (AvgIpc) is 2.54. The molecule has 2 aromatic carbocycles. The number of methoxy groups -OCH3 is 1. The Morgan fingerprint density at radius 3 is 2.50 bits per heavy atom. The van der Waals surface area contributed by atoms with Crippen molar-refractivity contribution in [1.29, 1.82) is 0 Å². The summed E-state index contributed by atoms with van der Waals surface area (Å²) in [4.78, 5) is 12.0. The Balaban J connectivity index is 1.98. The highest BCUT2D eigenvalue weighted by Crippen LogP contribution is 2.21. The molecule has 0 saturated carbocycles. The number of benzene rings is 2. The first-order valence-electron chi connectivity index (χ1n) is 7.24. The number of carbonyl (C=O) groups excluding carboxylic acids is 1. The fourth-order valence-electron chi connectivity index (χ4n) is 2.11. The van der Waals surface area contributed by atoms with Crippen LogP contribution in [0, 0.1) is 0 Å². The minimum atomic E-state index is -2.89. The van der Waals surface area contributed by atoms with Crippen LogP contribution >= 0.6 is 0 Å². The smallest absolute Gasteiger partial charge is 0.387 e. The van der Waals surface area contributed by atoms with Crippen molar-refractivity contribution in [2.75, 3.05) is 12.4 Å². The summed E-state index contributed by atoms with van der Waals surface area (Å²) in [6, 6.07) is 12.3. The van der Waals surface area contributed by atoms with Crippen molar-refractivity contribution in [2.45, 2.75) is 19.6 Å². The van der Waals surface area contributed by atoms with Crippen LogP contribution in [-0.4, -0.2) is 19.8 Å². The third-order valence-corrected chi connectivity index (χ3v) is 3.26. The largest absolute Gasteiger partial charge is 0.497 e. The van der Waals surface area contributed by atoms with Crippen LogP contribution in [0.15, 0.2) is 48.5 Å². The molecule has 0 aliphatic carbocycles.